The van der Waals surface area contributed by atoms with E-state index in [1.54, 1.807) is 4.57 Å². The fraction of sp³-hybridized carbons (Fsp3) is 0.444. The Kier molecular flexibility index (Phi) is 5.59. The van der Waals surface area contributed by atoms with Gasteiger partial charge in [0, 0.05) is 36.7 Å². The first-order chi connectivity index (χ1) is 13.2. The summed E-state index contributed by atoms with van der Waals surface area (Å²) in [5.41, 5.74) is -0.916. The summed E-state index contributed by atoms with van der Waals surface area (Å²) < 4.78 is 62.3. The number of aromatic nitrogens is 1. The van der Waals surface area contributed by atoms with Crippen LogP contribution < -0.4 is 10.2 Å². The van der Waals surface area contributed by atoms with Crippen LogP contribution in [-0.2, 0) is 4.74 Å². The van der Waals surface area contributed by atoms with Crippen LogP contribution in [0.3, 0.4) is 0 Å². The van der Waals surface area contributed by atoms with Crippen molar-refractivity contribution in [2.24, 2.45) is 0 Å². The fourth-order valence-electron chi connectivity index (χ4n) is 2.73. The summed E-state index contributed by atoms with van der Waals surface area (Å²) in [4.78, 5) is 24.8. The Balaban J connectivity index is 2.04. The molecule has 0 radical (unpaired) electrons. The van der Waals surface area contributed by atoms with Crippen LogP contribution in [-0.4, -0.2) is 41.6 Å². The molecular weight excluding hydrogens is 386 g/mol. The molecule has 0 atom stereocenters. The van der Waals surface area contributed by atoms with Crippen molar-refractivity contribution in [3.8, 4) is 5.75 Å². The zero-order chi connectivity index (χ0) is 20.5. The van der Waals surface area contributed by atoms with Gasteiger partial charge >= 0.3 is 12.1 Å². The van der Waals surface area contributed by atoms with E-state index in [2.05, 4.69) is 4.74 Å². The van der Waals surface area contributed by atoms with Gasteiger partial charge in [-0.3, -0.25) is 4.79 Å². The first-order valence-electron chi connectivity index (χ1n) is 8.57. The lowest BCUT2D eigenvalue weighted by atomic mass is 10.1. The van der Waals surface area contributed by atoms with Crippen molar-refractivity contribution >= 4 is 16.9 Å². The van der Waals surface area contributed by atoms with Crippen molar-refractivity contribution in [1.29, 1.82) is 0 Å². The van der Waals surface area contributed by atoms with Gasteiger partial charge in [-0.1, -0.05) is 0 Å². The third kappa shape index (κ3) is 4.44. The van der Waals surface area contributed by atoms with E-state index < -0.39 is 35.7 Å². The molecule has 0 amide bonds. The van der Waals surface area contributed by atoms with E-state index in [0.717, 1.165) is 25.0 Å². The number of carbonyl (C=O) groups excluding carboxylic acids is 1. The number of carbonyl (C=O) groups is 1. The molecule has 152 valence electrons. The molecule has 28 heavy (non-hydrogen) atoms. The second-order valence-electron chi connectivity index (χ2n) is 6.43. The summed E-state index contributed by atoms with van der Waals surface area (Å²) in [5.74, 6) is -2.67. The van der Waals surface area contributed by atoms with Crippen molar-refractivity contribution < 1.29 is 36.9 Å². The molecule has 0 unspecified atom stereocenters. The Hall–Kier alpha value is -2.62. The van der Waals surface area contributed by atoms with E-state index in [4.69, 9.17) is 9.84 Å². The van der Waals surface area contributed by atoms with Crippen LogP contribution in [0.5, 0.6) is 5.75 Å². The molecule has 1 aromatic carbocycles. The van der Waals surface area contributed by atoms with Gasteiger partial charge in [0.25, 0.3) is 0 Å². The highest BCUT2D eigenvalue weighted by Crippen LogP contribution is 2.38. The molecule has 1 heterocycles. The SMILES string of the molecule is O=C(OCCCO)c1cn(C2CC2)c2cc(OCC(F)(F)F)c(F)cc2c1=O. The Labute approximate surface area is 156 Å². The van der Waals surface area contributed by atoms with Crippen LogP contribution in [0.25, 0.3) is 10.9 Å². The Morgan fingerprint density at radius 3 is 2.61 bits per heavy atom. The number of fused-ring (bicyclic) bond motifs is 1. The quantitative estimate of drug-likeness (QED) is 0.437. The fourth-order valence-corrected chi connectivity index (χ4v) is 2.73. The summed E-state index contributed by atoms with van der Waals surface area (Å²) in [6, 6.07) is 1.75. The molecule has 1 N–H and O–H groups in total. The number of rotatable bonds is 7. The Morgan fingerprint density at radius 1 is 1.29 bits per heavy atom. The van der Waals surface area contributed by atoms with Gasteiger partial charge in [0.1, 0.15) is 5.56 Å². The molecular formula is C18H17F4NO5. The molecule has 0 bridgehead atoms. The molecule has 1 fully saturated rings. The third-order valence-electron chi connectivity index (χ3n) is 4.17. The molecule has 3 rings (SSSR count). The number of hydrogen-bond donors (Lipinski definition) is 1. The number of benzene rings is 1. The number of aliphatic hydroxyl groups is 1. The molecule has 0 saturated heterocycles. The van der Waals surface area contributed by atoms with E-state index in [9.17, 15) is 27.2 Å². The van der Waals surface area contributed by atoms with Gasteiger partial charge in [-0.2, -0.15) is 13.2 Å². The van der Waals surface area contributed by atoms with Crippen LogP contribution in [0.2, 0.25) is 0 Å². The minimum Gasteiger partial charge on any atom is -0.481 e. The summed E-state index contributed by atoms with van der Waals surface area (Å²) in [6.07, 6.45) is -1.68. The Bertz CT molecular complexity index is 950. The van der Waals surface area contributed by atoms with Gasteiger partial charge in [0.15, 0.2) is 18.2 Å². The lowest BCUT2D eigenvalue weighted by molar-refractivity contribution is -0.153. The van der Waals surface area contributed by atoms with Crippen molar-refractivity contribution in [3.05, 3.63) is 39.9 Å². The van der Waals surface area contributed by atoms with Gasteiger partial charge in [0.05, 0.1) is 12.1 Å². The lowest BCUT2D eigenvalue weighted by Crippen LogP contribution is -2.22. The highest BCUT2D eigenvalue weighted by Gasteiger charge is 2.30. The van der Waals surface area contributed by atoms with Crippen molar-refractivity contribution in [2.75, 3.05) is 19.8 Å². The van der Waals surface area contributed by atoms with Crippen LogP contribution in [0.1, 0.15) is 35.7 Å². The molecule has 1 aliphatic carbocycles. The number of esters is 1. The van der Waals surface area contributed by atoms with E-state index in [-0.39, 0.29) is 42.1 Å². The molecule has 2 aromatic rings. The number of pyridine rings is 1. The van der Waals surface area contributed by atoms with Crippen LogP contribution >= 0.6 is 0 Å². The number of hydrogen-bond acceptors (Lipinski definition) is 5. The van der Waals surface area contributed by atoms with Crippen molar-refractivity contribution in [3.63, 3.8) is 0 Å². The minimum absolute atomic E-state index is 0.0620. The predicted octanol–water partition coefficient (Wildman–Crippen LogP) is 2.96. The standard InChI is InChI=1S/C18H17F4NO5/c19-13-6-11-14(7-15(13)28-9-18(20,21)22)23(10-2-3-10)8-12(16(11)25)17(26)27-5-1-4-24/h6-8,10,24H,1-5,9H2. The largest absolute Gasteiger partial charge is 0.481 e. The summed E-state index contributed by atoms with van der Waals surface area (Å²) in [5, 5.41) is 8.59. The van der Waals surface area contributed by atoms with Crippen molar-refractivity contribution in [1.82, 2.24) is 4.57 Å². The number of aliphatic hydroxyl groups excluding tert-OH is 1. The van der Waals surface area contributed by atoms with Gasteiger partial charge in [-0.05, 0) is 18.9 Å². The summed E-state index contributed by atoms with van der Waals surface area (Å²) >= 11 is 0. The van der Waals surface area contributed by atoms with Gasteiger partial charge < -0.3 is 19.1 Å². The second-order valence-corrected chi connectivity index (χ2v) is 6.43. The molecule has 0 aliphatic heterocycles. The molecule has 10 heteroatoms. The van der Waals surface area contributed by atoms with E-state index in [1.807, 2.05) is 0 Å². The Morgan fingerprint density at radius 2 is 2.00 bits per heavy atom. The zero-order valence-electron chi connectivity index (χ0n) is 14.6. The zero-order valence-corrected chi connectivity index (χ0v) is 14.6. The lowest BCUT2D eigenvalue weighted by Gasteiger charge is -2.15. The van der Waals surface area contributed by atoms with Crippen LogP contribution in [0.4, 0.5) is 17.6 Å². The van der Waals surface area contributed by atoms with Gasteiger partial charge in [-0.25, -0.2) is 9.18 Å². The monoisotopic (exact) mass is 403 g/mol. The number of nitrogens with zero attached hydrogens (tertiary/aromatic N) is 1. The van der Waals surface area contributed by atoms with Crippen LogP contribution in [0, 0.1) is 5.82 Å². The summed E-state index contributed by atoms with van der Waals surface area (Å²) in [6.45, 7) is -1.95. The van der Waals surface area contributed by atoms with E-state index in [0.29, 0.717) is 0 Å². The minimum atomic E-state index is -4.64. The first-order valence-corrected chi connectivity index (χ1v) is 8.57. The maximum absolute atomic E-state index is 14.2. The molecule has 1 saturated carbocycles. The number of alkyl halides is 3. The van der Waals surface area contributed by atoms with E-state index >= 15 is 0 Å². The first kappa shape index (κ1) is 20.1. The third-order valence-corrected chi connectivity index (χ3v) is 4.17. The molecule has 6 nitrogen and oxygen atoms in total. The maximum Gasteiger partial charge on any atom is 0.422 e. The van der Waals surface area contributed by atoms with Crippen LogP contribution in [0.15, 0.2) is 23.1 Å². The predicted molar refractivity (Wildman–Crippen MR) is 90.0 cm³/mol. The van der Waals surface area contributed by atoms with Gasteiger partial charge in [0.2, 0.25) is 5.43 Å². The average molecular weight is 403 g/mol. The maximum atomic E-state index is 14.2. The molecule has 0 spiro atoms. The topological polar surface area (TPSA) is 77.8 Å². The normalized spacial score (nSPS) is 14.3. The number of halogens is 4. The smallest absolute Gasteiger partial charge is 0.422 e. The number of ether oxygens (including phenoxy) is 2. The molecule has 1 aliphatic rings. The highest BCUT2D eigenvalue weighted by molar-refractivity contribution is 5.94. The second kappa shape index (κ2) is 7.78. The average Bonchev–Trinajstić information content (AvgIpc) is 3.45. The summed E-state index contributed by atoms with van der Waals surface area (Å²) in [7, 11) is 0. The van der Waals surface area contributed by atoms with Crippen molar-refractivity contribution in [2.45, 2.75) is 31.5 Å². The van der Waals surface area contributed by atoms with E-state index in [1.165, 1.54) is 6.20 Å². The highest BCUT2D eigenvalue weighted by atomic mass is 19.4. The molecule has 1 aromatic heterocycles. The van der Waals surface area contributed by atoms with Gasteiger partial charge in [-0.15, -0.1) is 0 Å².